The maximum Gasteiger partial charge on any atom is 0.102 e. The van der Waals surface area contributed by atoms with Gasteiger partial charge in [-0.05, 0) is 42.9 Å². The zero-order valence-electron chi connectivity index (χ0n) is 13.3. The van der Waals surface area contributed by atoms with Crippen molar-refractivity contribution >= 4 is 0 Å². The summed E-state index contributed by atoms with van der Waals surface area (Å²) in [5.41, 5.74) is 0.897. The minimum atomic E-state index is 0.418. The molecule has 2 aliphatic rings. The lowest BCUT2D eigenvalue weighted by Crippen LogP contribution is -2.44. The van der Waals surface area contributed by atoms with Crippen LogP contribution in [0.5, 0.6) is 0 Å². The molecule has 0 aliphatic heterocycles. The van der Waals surface area contributed by atoms with Crippen LogP contribution in [0.1, 0.15) is 47.0 Å². The summed E-state index contributed by atoms with van der Waals surface area (Å²) in [5.74, 6) is 0.890. The normalized spacial score (nSPS) is 38.3. The van der Waals surface area contributed by atoms with Gasteiger partial charge in [0.2, 0.25) is 0 Å². The summed E-state index contributed by atoms with van der Waals surface area (Å²) < 4.78 is 7.36. The van der Waals surface area contributed by atoms with Gasteiger partial charge in [-0.15, -0.1) is 0 Å². The van der Waals surface area contributed by atoms with E-state index in [1.165, 1.54) is 25.8 Å². The molecule has 0 amide bonds. The average Bonchev–Trinajstić information content (AvgIpc) is 2.62. The maximum atomic E-state index is 6.30. The number of hydrogen-bond donors (Lipinski definition) is 0. The lowest BCUT2D eigenvalue weighted by Gasteiger charge is -2.39. The number of hydrogen-bond acceptors (Lipinski definition) is 1. The molecule has 0 aromatic heterocycles. The zero-order chi connectivity index (χ0) is 13.6. The van der Waals surface area contributed by atoms with Gasteiger partial charge in [-0.1, -0.05) is 20.8 Å². The number of likely N-dealkylation sites (N-methyl/N-ethyl adjacent to an activating group) is 1. The molecule has 0 radical (unpaired) electrons. The van der Waals surface area contributed by atoms with E-state index in [1.54, 1.807) is 0 Å². The van der Waals surface area contributed by atoms with Gasteiger partial charge in [-0.25, -0.2) is 0 Å². The molecular formula is C16H32NO+. The topological polar surface area (TPSA) is 9.23 Å². The molecule has 2 saturated carbocycles. The van der Waals surface area contributed by atoms with Crippen molar-refractivity contribution in [1.29, 1.82) is 0 Å². The smallest absolute Gasteiger partial charge is 0.102 e. The van der Waals surface area contributed by atoms with Crippen LogP contribution in [0.4, 0.5) is 0 Å². The first-order chi connectivity index (χ1) is 8.23. The number of fused-ring (bicyclic) bond motifs is 2. The van der Waals surface area contributed by atoms with Crippen LogP contribution in [-0.4, -0.2) is 44.4 Å². The van der Waals surface area contributed by atoms with Gasteiger partial charge in [0.15, 0.2) is 0 Å². The molecule has 2 nitrogen and oxygen atoms in total. The third-order valence-corrected chi connectivity index (χ3v) is 6.59. The molecule has 2 bridgehead atoms. The third-order valence-electron chi connectivity index (χ3n) is 6.59. The maximum absolute atomic E-state index is 6.30. The van der Waals surface area contributed by atoms with Crippen LogP contribution in [0.25, 0.3) is 0 Å². The molecule has 2 heteroatoms. The van der Waals surface area contributed by atoms with Gasteiger partial charge in [0.1, 0.15) is 6.54 Å². The van der Waals surface area contributed by atoms with E-state index < -0.39 is 0 Å². The second-order valence-corrected chi connectivity index (χ2v) is 7.95. The van der Waals surface area contributed by atoms with Gasteiger partial charge < -0.3 is 9.22 Å². The van der Waals surface area contributed by atoms with Crippen LogP contribution in [0.3, 0.4) is 0 Å². The van der Waals surface area contributed by atoms with E-state index >= 15 is 0 Å². The van der Waals surface area contributed by atoms with Crippen molar-refractivity contribution in [1.82, 2.24) is 0 Å². The van der Waals surface area contributed by atoms with Crippen molar-refractivity contribution in [2.75, 3.05) is 33.8 Å². The zero-order valence-corrected chi connectivity index (χ0v) is 13.3. The average molecular weight is 254 g/mol. The lowest BCUT2D eigenvalue weighted by atomic mass is 9.70. The SMILES string of the molecule is CC[N+](C)(C)CCO[C@H]1C[C@H]2CC[C@]1(C)C2(C)C. The quantitative estimate of drug-likeness (QED) is 0.684. The molecule has 106 valence electrons. The standard InChI is InChI=1S/C16H32NO/c1-7-17(5,6)10-11-18-14-12-13-8-9-16(14,4)15(13,2)3/h13-14H,7-12H2,1-6H3/q+1/t13-,14+,16+/m1/s1. The Balaban J connectivity index is 1.90. The summed E-state index contributed by atoms with van der Waals surface area (Å²) in [6, 6.07) is 0. The van der Waals surface area contributed by atoms with E-state index in [1.807, 2.05) is 0 Å². The molecule has 0 N–H and O–H groups in total. The van der Waals surface area contributed by atoms with Crippen molar-refractivity contribution in [3.8, 4) is 0 Å². The summed E-state index contributed by atoms with van der Waals surface area (Å²) in [6.07, 6.45) is 4.58. The Labute approximate surface area is 113 Å². The first kappa shape index (κ1) is 14.3. The van der Waals surface area contributed by atoms with Crippen LogP contribution in [-0.2, 0) is 4.74 Å². The largest absolute Gasteiger partial charge is 0.372 e. The van der Waals surface area contributed by atoms with Crippen molar-refractivity contribution in [2.24, 2.45) is 16.7 Å². The minimum Gasteiger partial charge on any atom is -0.372 e. The molecule has 18 heavy (non-hydrogen) atoms. The van der Waals surface area contributed by atoms with Crippen molar-refractivity contribution in [3.63, 3.8) is 0 Å². The monoisotopic (exact) mass is 254 g/mol. The summed E-state index contributed by atoms with van der Waals surface area (Å²) in [6.45, 7) is 12.9. The number of nitrogens with zero attached hydrogens (tertiary/aromatic N) is 1. The molecule has 2 fully saturated rings. The Hall–Kier alpha value is -0.0800. The Morgan fingerprint density at radius 3 is 2.33 bits per heavy atom. The van der Waals surface area contributed by atoms with Crippen molar-refractivity contribution < 1.29 is 9.22 Å². The van der Waals surface area contributed by atoms with Crippen LogP contribution in [0.2, 0.25) is 0 Å². The predicted molar refractivity (Wildman–Crippen MR) is 76.5 cm³/mol. The minimum absolute atomic E-state index is 0.418. The third kappa shape index (κ3) is 2.12. The highest BCUT2D eigenvalue weighted by Crippen LogP contribution is 2.66. The van der Waals surface area contributed by atoms with Gasteiger partial charge in [-0.3, -0.25) is 0 Å². The van der Waals surface area contributed by atoms with Crippen LogP contribution in [0, 0.1) is 16.7 Å². The summed E-state index contributed by atoms with van der Waals surface area (Å²) in [4.78, 5) is 0. The van der Waals surface area contributed by atoms with E-state index in [-0.39, 0.29) is 0 Å². The summed E-state index contributed by atoms with van der Waals surface area (Å²) in [7, 11) is 4.58. The van der Waals surface area contributed by atoms with Crippen molar-refractivity contribution in [3.05, 3.63) is 0 Å². The molecule has 0 saturated heterocycles. The van der Waals surface area contributed by atoms with E-state index in [0.717, 1.165) is 23.6 Å². The van der Waals surface area contributed by atoms with Gasteiger partial charge in [-0.2, -0.15) is 0 Å². The molecule has 0 spiro atoms. The Morgan fingerprint density at radius 2 is 1.89 bits per heavy atom. The van der Waals surface area contributed by atoms with E-state index in [2.05, 4.69) is 41.8 Å². The second-order valence-electron chi connectivity index (χ2n) is 7.95. The number of ether oxygens (including phenoxy) is 1. The number of quaternary nitrogens is 1. The lowest BCUT2D eigenvalue weighted by molar-refractivity contribution is -0.889. The Bertz CT molecular complexity index is 310. The fourth-order valence-corrected chi connectivity index (χ4v) is 3.98. The van der Waals surface area contributed by atoms with E-state index in [0.29, 0.717) is 16.9 Å². The fourth-order valence-electron chi connectivity index (χ4n) is 3.98. The van der Waals surface area contributed by atoms with E-state index in [4.69, 9.17) is 4.74 Å². The Kier molecular flexibility index (Phi) is 3.57. The fraction of sp³-hybridized carbons (Fsp3) is 1.00. The molecule has 3 atom stereocenters. The highest BCUT2D eigenvalue weighted by Gasteiger charge is 2.61. The highest BCUT2D eigenvalue weighted by molar-refractivity contribution is 5.11. The molecule has 0 heterocycles. The van der Waals surface area contributed by atoms with E-state index in [9.17, 15) is 0 Å². The van der Waals surface area contributed by atoms with Crippen LogP contribution >= 0.6 is 0 Å². The van der Waals surface area contributed by atoms with Crippen molar-refractivity contribution in [2.45, 2.75) is 53.1 Å². The first-order valence-corrected chi connectivity index (χ1v) is 7.66. The van der Waals surface area contributed by atoms with Gasteiger partial charge in [0, 0.05) is 0 Å². The molecule has 2 rings (SSSR count). The number of rotatable bonds is 5. The molecular weight excluding hydrogens is 222 g/mol. The van der Waals surface area contributed by atoms with Gasteiger partial charge in [0.25, 0.3) is 0 Å². The van der Waals surface area contributed by atoms with Crippen LogP contribution in [0.15, 0.2) is 0 Å². The molecule has 0 aromatic carbocycles. The summed E-state index contributed by atoms with van der Waals surface area (Å²) in [5, 5.41) is 0. The van der Waals surface area contributed by atoms with Gasteiger partial charge in [0.05, 0.1) is 33.4 Å². The van der Waals surface area contributed by atoms with Crippen LogP contribution < -0.4 is 0 Å². The Morgan fingerprint density at radius 1 is 1.22 bits per heavy atom. The molecule has 2 aliphatic carbocycles. The predicted octanol–water partition coefficient (Wildman–Crippen LogP) is 3.31. The first-order valence-electron chi connectivity index (χ1n) is 7.66. The van der Waals surface area contributed by atoms with Gasteiger partial charge >= 0.3 is 0 Å². The second kappa shape index (κ2) is 4.49. The molecule has 0 aromatic rings. The molecule has 0 unspecified atom stereocenters. The summed E-state index contributed by atoms with van der Waals surface area (Å²) >= 11 is 0. The highest BCUT2D eigenvalue weighted by atomic mass is 16.5.